The van der Waals surface area contributed by atoms with E-state index in [2.05, 4.69) is 16.3 Å². The molecule has 2 heterocycles. The second-order valence-corrected chi connectivity index (χ2v) is 8.25. The number of likely N-dealkylation sites (tertiary alicyclic amines) is 1. The van der Waals surface area contributed by atoms with Gasteiger partial charge in [-0.3, -0.25) is 9.69 Å². The maximum atomic E-state index is 12.9. The normalized spacial score (nSPS) is 16.0. The Morgan fingerprint density at radius 1 is 1.06 bits per heavy atom. The van der Waals surface area contributed by atoms with E-state index in [1.165, 1.54) is 12.1 Å². The third-order valence-electron chi connectivity index (χ3n) is 5.93. The molecule has 4 rings (SSSR count). The summed E-state index contributed by atoms with van der Waals surface area (Å²) in [6, 6.07) is 15.7. The molecule has 0 saturated carbocycles. The number of benzene rings is 2. The van der Waals surface area contributed by atoms with Crippen molar-refractivity contribution in [3.63, 3.8) is 0 Å². The van der Waals surface area contributed by atoms with Gasteiger partial charge in [0.2, 0.25) is 5.91 Å². The van der Waals surface area contributed by atoms with Crippen LogP contribution in [0, 0.1) is 6.92 Å². The van der Waals surface area contributed by atoms with Crippen LogP contribution < -0.4 is 5.32 Å². The average molecular weight is 429 g/mol. The molecule has 1 fully saturated rings. The van der Waals surface area contributed by atoms with Gasteiger partial charge >= 0.3 is 6.18 Å². The number of piperidine rings is 1. The highest BCUT2D eigenvalue weighted by Crippen LogP contribution is 2.30. The molecule has 0 unspecified atom stereocenters. The SMILES string of the molecule is Cc1cc2ccccc2n1CC(=O)NC1CCN(Cc2cccc(C(F)(F)F)c2)CC1. The first-order valence-corrected chi connectivity index (χ1v) is 10.5. The molecule has 2 aromatic carbocycles. The zero-order valence-corrected chi connectivity index (χ0v) is 17.5. The van der Waals surface area contributed by atoms with Crippen molar-refractivity contribution in [2.75, 3.05) is 13.1 Å². The lowest BCUT2D eigenvalue weighted by Gasteiger charge is -2.32. The van der Waals surface area contributed by atoms with E-state index in [0.717, 1.165) is 48.6 Å². The van der Waals surface area contributed by atoms with Crippen molar-refractivity contribution in [3.8, 4) is 0 Å². The van der Waals surface area contributed by atoms with Gasteiger partial charge in [-0.25, -0.2) is 0 Å². The third kappa shape index (κ3) is 5.10. The van der Waals surface area contributed by atoms with Crippen LogP contribution in [-0.4, -0.2) is 34.5 Å². The number of carbonyl (C=O) groups is 1. The number of para-hydroxylation sites is 1. The van der Waals surface area contributed by atoms with Crippen molar-refractivity contribution < 1.29 is 18.0 Å². The Morgan fingerprint density at radius 3 is 2.55 bits per heavy atom. The van der Waals surface area contributed by atoms with Crippen LogP contribution >= 0.6 is 0 Å². The monoisotopic (exact) mass is 429 g/mol. The maximum absolute atomic E-state index is 12.9. The van der Waals surface area contributed by atoms with E-state index in [1.54, 1.807) is 6.07 Å². The number of hydrogen-bond acceptors (Lipinski definition) is 2. The summed E-state index contributed by atoms with van der Waals surface area (Å²) in [5, 5.41) is 4.25. The number of nitrogens with zero attached hydrogens (tertiary/aromatic N) is 2. The topological polar surface area (TPSA) is 37.3 Å². The standard InChI is InChI=1S/C24H26F3N3O/c1-17-13-19-6-2-3-8-22(19)30(17)16-23(31)28-21-9-11-29(12-10-21)15-18-5-4-7-20(14-18)24(25,26)27/h2-8,13-14,21H,9-12,15-16H2,1H3,(H,28,31). The zero-order valence-electron chi connectivity index (χ0n) is 17.5. The minimum absolute atomic E-state index is 0.0132. The van der Waals surface area contributed by atoms with Crippen LogP contribution in [0.15, 0.2) is 54.6 Å². The summed E-state index contributed by atoms with van der Waals surface area (Å²) in [6.07, 6.45) is -2.75. The molecule has 0 spiro atoms. The molecule has 1 N–H and O–H groups in total. The van der Waals surface area contributed by atoms with Gasteiger partial charge in [-0.15, -0.1) is 0 Å². The molecule has 1 aromatic heterocycles. The van der Waals surface area contributed by atoms with E-state index in [9.17, 15) is 18.0 Å². The van der Waals surface area contributed by atoms with Crippen LogP contribution in [0.2, 0.25) is 0 Å². The average Bonchev–Trinajstić information content (AvgIpc) is 3.04. The van der Waals surface area contributed by atoms with Gasteiger partial charge in [-0.05, 0) is 48.9 Å². The number of nitrogens with one attached hydrogen (secondary N) is 1. The Bertz CT molecular complexity index is 1070. The number of aryl methyl sites for hydroxylation is 1. The Balaban J connectivity index is 1.29. The Kier molecular flexibility index (Phi) is 6.05. The molecule has 3 aromatic rings. The van der Waals surface area contributed by atoms with E-state index in [1.807, 2.05) is 35.8 Å². The number of hydrogen-bond donors (Lipinski definition) is 1. The van der Waals surface area contributed by atoms with Crippen molar-refractivity contribution in [1.29, 1.82) is 0 Å². The summed E-state index contributed by atoms with van der Waals surface area (Å²) in [5.74, 6) is -0.0132. The molecule has 164 valence electrons. The number of carbonyl (C=O) groups excluding carboxylic acids is 1. The summed E-state index contributed by atoms with van der Waals surface area (Å²) in [7, 11) is 0. The van der Waals surface area contributed by atoms with Crippen LogP contribution in [-0.2, 0) is 24.1 Å². The highest BCUT2D eigenvalue weighted by Gasteiger charge is 2.30. The van der Waals surface area contributed by atoms with Crippen LogP contribution in [0.1, 0.15) is 29.7 Å². The largest absolute Gasteiger partial charge is 0.416 e. The molecular weight excluding hydrogens is 403 g/mol. The van der Waals surface area contributed by atoms with Gasteiger partial charge in [-0.1, -0.05) is 36.4 Å². The predicted octanol–water partition coefficient (Wildman–Crippen LogP) is 4.75. The summed E-state index contributed by atoms with van der Waals surface area (Å²) in [4.78, 5) is 14.8. The molecule has 0 bridgehead atoms. The van der Waals surface area contributed by atoms with Gasteiger partial charge in [-0.2, -0.15) is 13.2 Å². The van der Waals surface area contributed by atoms with E-state index in [4.69, 9.17) is 0 Å². The fraction of sp³-hybridized carbons (Fsp3) is 0.375. The lowest BCUT2D eigenvalue weighted by atomic mass is 10.0. The Hall–Kier alpha value is -2.80. The van der Waals surface area contributed by atoms with Crippen molar-refractivity contribution in [2.24, 2.45) is 0 Å². The smallest absolute Gasteiger partial charge is 0.352 e. The Labute approximate surface area is 179 Å². The van der Waals surface area contributed by atoms with Gasteiger partial charge in [0.25, 0.3) is 0 Å². The van der Waals surface area contributed by atoms with E-state index in [-0.39, 0.29) is 18.5 Å². The summed E-state index contributed by atoms with van der Waals surface area (Å²) in [6.45, 7) is 4.25. The Morgan fingerprint density at radius 2 is 1.81 bits per heavy atom. The van der Waals surface area contributed by atoms with Crippen LogP contribution in [0.4, 0.5) is 13.2 Å². The number of halogens is 3. The van der Waals surface area contributed by atoms with Gasteiger partial charge in [0.1, 0.15) is 6.54 Å². The van der Waals surface area contributed by atoms with E-state index in [0.29, 0.717) is 12.1 Å². The van der Waals surface area contributed by atoms with Crippen molar-refractivity contribution in [1.82, 2.24) is 14.8 Å². The molecule has 1 aliphatic heterocycles. The third-order valence-corrected chi connectivity index (χ3v) is 5.93. The number of alkyl halides is 3. The second-order valence-electron chi connectivity index (χ2n) is 8.25. The first kappa shape index (κ1) is 21.4. The van der Waals surface area contributed by atoms with Gasteiger partial charge in [0.05, 0.1) is 5.56 Å². The molecule has 0 radical (unpaired) electrons. The van der Waals surface area contributed by atoms with Crippen molar-refractivity contribution in [3.05, 3.63) is 71.4 Å². The lowest BCUT2D eigenvalue weighted by molar-refractivity contribution is -0.137. The summed E-state index contributed by atoms with van der Waals surface area (Å²) < 4.78 is 40.8. The minimum Gasteiger partial charge on any atom is -0.352 e. The fourth-order valence-electron chi connectivity index (χ4n) is 4.31. The molecule has 0 atom stereocenters. The lowest BCUT2D eigenvalue weighted by Crippen LogP contribution is -2.45. The molecule has 1 saturated heterocycles. The number of fused-ring (bicyclic) bond motifs is 1. The summed E-state index contributed by atoms with van der Waals surface area (Å²) in [5.41, 5.74) is 2.14. The molecule has 4 nitrogen and oxygen atoms in total. The van der Waals surface area contributed by atoms with Crippen LogP contribution in [0.3, 0.4) is 0 Å². The first-order valence-electron chi connectivity index (χ1n) is 10.5. The first-order chi connectivity index (χ1) is 14.8. The number of aromatic nitrogens is 1. The van der Waals surface area contributed by atoms with Crippen molar-refractivity contribution >= 4 is 16.8 Å². The molecular formula is C24H26F3N3O. The molecule has 31 heavy (non-hydrogen) atoms. The number of amides is 1. The molecule has 7 heteroatoms. The molecule has 0 aliphatic carbocycles. The zero-order chi connectivity index (χ0) is 22.0. The van der Waals surface area contributed by atoms with Gasteiger partial charge in [0.15, 0.2) is 0 Å². The summed E-state index contributed by atoms with van der Waals surface area (Å²) >= 11 is 0. The van der Waals surface area contributed by atoms with E-state index >= 15 is 0 Å². The molecule has 1 amide bonds. The second kappa shape index (κ2) is 8.75. The number of rotatable bonds is 5. The maximum Gasteiger partial charge on any atom is 0.416 e. The quantitative estimate of drug-likeness (QED) is 0.636. The highest BCUT2D eigenvalue weighted by molar-refractivity contribution is 5.84. The van der Waals surface area contributed by atoms with Crippen molar-refractivity contribution in [2.45, 2.75) is 45.1 Å². The highest BCUT2D eigenvalue weighted by atomic mass is 19.4. The predicted molar refractivity (Wildman–Crippen MR) is 115 cm³/mol. The molecule has 1 aliphatic rings. The van der Waals surface area contributed by atoms with E-state index < -0.39 is 11.7 Å². The van der Waals surface area contributed by atoms with Crippen LogP contribution in [0.5, 0.6) is 0 Å². The van der Waals surface area contributed by atoms with Gasteiger partial charge in [0, 0.05) is 36.9 Å². The van der Waals surface area contributed by atoms with Gasteiger partial charge < -0.3 is 9.88 Å². The van der Waals surface area contributed by atoms with Crippen LogP contribution in [0.25, 0.3) is 10.9 Å². The fourth-order valence-corrected chi connectivity index (χ4v) is 4.31. The minimum atomic E-state index is -4.32.